The zero-order valence-corrected chi connectivity index (χ0v) is 18.6. The lowest BCUT2D eigenvalue weighted by Crippen LogP contribution is -2.24. The first kappa shape index (κ1) is 20.6. The van der Waals surface area contributed by atoms with Gasteiger partial charge < -0.3 is 10.6 Å². The summed E-state index contributed by atoms with van der Waals surface area (Å²) in [5, 5.41) is 4.18. The maximum Gasteiger partial charge on any atom is 0.225 e. The van der Waals surface area contributed by atoms with Crippen molar-refractivity contribution >= 4 is 17.5 Å². The molecule has 4 heterocycles. The number of nitrogens with zero attached hydrogens (tertiary/aromatic N) is 6. The van der Waals surface area contributed by atoms with E-state index in [4.69, 9.17) is 5.73 Å². The third-order valence-corrected chi connectivity index (χ3v) is 6.71. The Labute approximate surface area is 187 Å². The second-order valence-corrected chi connectivity index (χ2v) is 9.25. The molecule has 8 heteroatoms. The Bertz CT molecular complexity index is 1110. The predicted molar refractivity (Wildman–Crippen MR) is 123 cm³/mol. The number of pyridine rings is 1. The fourth-order valence-corrected chi connectivity index (χ4v) is 4.66. The zero-order valence-electron chi connectivity index (χ0n) is 18.6. The largest absolute Gasteiger partial charge is 0.384 e. The molecule has 1 saturated heterocycles. The second kappa shape index (κ2) is 8.33. The Hall–Kier alpha value is -3.29. The molecule has 1 saturated carbocycles. The molecule has 6 rings (SSSR count). The number of nitrogens with two attached hydrogens (primary N) is 1. The highest BCUT2D eigenvalue weighted by Crippen LogP contribution is 2.45. The first-order chi connectivity index (χ1) is 15.5. The SMILES string of the molecule is CC(=O)c1cnn(Cc2cnc(N3CC4CC4C3)nc2)c1.CC1CCc2nc(N)ccc21. The number of aromatic nitrogens is 5. The number of carbonyl (C=O) groups excluding carboxylic acids is 1. The summed E-state index contributed by atoms with van der Waals surface area (Å²) in [6.45, 7) is 6.57. The van der Waals surface area contributed by atoms with Crippen LogP contribution in [0.2, 0.25) is 0 Å². The number of Topliss-reactive ketones (excluding diaryl/α,β-unsaturated/α-hetero) is 1. The zero-order chi connectivity index (χ0) is 22.2. The van der Waals surface area contributed by atoms with Crippen LogP contribution in [0, 0.1) is 11.8 Å². The molecule has 166 valence electrons. The number of aryl methyl sites for hydroxylation is 1. The fraction of sp³-hybridized carbons (Fsp3) is 0.458. The van der Waals surface area contributed by atoms with E-state index >= 15 is 0 Å². The van der Waals surface area contributed by atoms with Crippen LogP contribution >= 0.6 is 0 Å². The molecule has 0 spiro atoms. The van der Waals surface area contributed by atoms with Gasteiger partial charge in [-0.25, -0.2) is 15.0 Å². The maximum absolute atomic E-state index is 11.2. The van der Waals surface area contributed by atoms with Gasteiger partial charge in [0.25, 0.3) is 0 Å². The number of anilines is 2. The number of hydrogen-bond acceptors (Lipinski definition) is 7. The Kier molecular flexibility index (Phi) is 5.36. The summed E-state index contributed by atoms with van der Waals surface area (Å²) in [4.78, 5) is 26.7. The van der Waals surface area contributed by atoms with Gasteiger partial charge in [0.15, 0.2) is 5.78 Å². The molecule has 2 N–H and O–H groups in total. The summed E-state index contributed by atoms with van der Waals surface area (Å²) in [7, 11) is 0. The molecule has 3 aliphatic rings. The van der Waals surface area contributed by atoms with Crippen LogP contribution in [0.4, 0.5) is 11.8 Å². The van der Waals surface area contributed by atoms with Crippen LogP contribution in [0.3, 0.4) is 0 Å². The molecule has 1 aliphatic heterocycles. The molecule has 32 heavy (non-hydrogen) atoms. The first-order valence-electron chi connectivity index (χ1n) is 11.3. The maximum atomic E-state index is 11.2. The molecule has 3 aromatic heterocycles. The third kappa shape index (κ3) is 4.35. The number of rotatable bonds is 4. The molecule has 3 unspecified atom stereocenters. The van der Waals surface area contributed by atoms with Gasteiger partial charge >= 0.3 is 0 Å². The van der Waals surface area contributed by atoms with E-state index in [0.717, 1.165) is 42.9 Å². The van der Waals surface area contributed by atoms with E-state index < -0.39 is 0 Å². The average Bonchev–Trinajstić information content (AvgIpc) is 3.14. The lowest BCUT2D eigenvalue weighted by Gasteiger charge is -2.17. The van der Waals surface area contributed by atoms with E-state index in [1.165, 1.54) is 24.1 Å². The minimum atomic E-state index is 0.0282. The predicted octanol–water partition coefficient (Wildman–Crippen LogP) is 3.09. The van der Waals surface area contributed by atoms with Crippen LogP contribution < -0.4 is 10.6 Å². The summed E-state index contributed by atoms with van der Waals surface area (Å²) in [5.41, 5.74) is 9.78. The third-order valence-electron chi connectivity index (χ3n) is 6.71. The van der Waals surface area contributed by atoms with E-state index in [0.29, 0.717) is 23.8 Å². The molecule has 0 amide bonds. The van der Waals surface area contributed by atoms with Crippen molar-refractivity contribution in [3.8, 4) is 0 Å². The van der Waals surface area contributed by atoms with Crippen molar-refractivity contribution in [1.29, 1.82) is 0 Å². The molecule has 8 nitrogen and oxygen atoms in total. The number of fused-ring (bicyclic) bond motifs is 2. The number of piperidine rings is 1. The highest BCUT2D eigenvalue weighted by molar-refractivity contribution is 5.93. The van der Waals surface area contributed by atoms with Crippen molar-refractivity contribution in [2.75, 3.05) is 23.7 Å². The molecule has 2 aliphatic carbocycles. The van der Waals surface area contributed by atoms with E-state index in [-0.39, 0.29) is 5.78 Å². The number of carbonyl (C=O) groups is 1. The van der Waals surface area contributed by atoms with Crippen molar-refractivity contribution in [1.82, 2.24) is 24.7 Å². The molecule has 2 fully saturated rings. The minimum absolute atomic E-state index is 0.0282. The highest BCUT2D eigenvalue weighted by atomic mass is 16.1. The van der Waals surface area contributed by atoms with Crippen molar-refractivity contribution in [2.45, 2.75) is 45.6 Å². The molecule has 0 bridgehead atoms. The lowest BCUT2D eigenvalue weighted by atomic mass is 10.1. The quantitative estimate of drug-likeness (QED) is 0.633. The molecular weight excluding hydrogens is 402 g/mol. The van der Waals surface area contributed by atoms with Crippen molar-refractivity contribution in [2.24, 2.45) is 11.8 Å². The summed E-state index contributed by atoms with van der Waals surface area (Å²) in [6, 6.07) is 4.00. The smallest absolute Gasteiger partial charge is 0.225 e. The molecule has 3 atom stereocenters. The summed E-state index contributed by atoms with van der Waals surface area (Å²) in [6.07, 6.45) is 10.8. The van der Waals surface area contributed by atoms with Crippen LogP contribution in [0.25, 0.3) is 0 Å². The molecule has 0 radical (unpaired) electrons. The fourth-order valence-electron chi connectivity index (χ4n) is 4.66. The lowest BCUT2D eigenvalue weighted by molar-refractivity contribution is 0.101. The van der Waals surface area contributed by atoms with Gasteiger partial charge in [-0.3, -0.25) is 9.48 Å². The van der Waals surface area contributed by atoms with E-state index in [1.54, 1.807) is 24.0 Å². The van der Waals surface area contributed by atoms with Gasteiger partial charge in [0.2, 0.25) is 5.95 Å². The Balaban J connectivity index is 0.000000165. The van der Waals surface area contributed by atoms with Gasteiger partial charge in [0, 0.05) is 42.9 Å². The van der Waals surface area contributed by atoms with Gasteiger partial charge in [-0.2, -0.15) is 5.10 Å². The molecule has 0 aromatic carbocycles. The van der Waals surface area contributed by atoms with Crippen molar-refractivity contribution in [3.63, 3.8) is 0 Å². The monoisotopic (exact) mass is 431 g/mol. The molecule has 3 aromatic rings. The number of ketones is 1. The van der Waals surface area contributed by atoms with Gasteiger partial charge in [0.1, 0.15) is 5.82 Å². The van der Waals surface area contributed by atoms with E-state index in [2.05, 4.69) is 37.9 Å². The van der Waals surface area contributed by atoms with Crippen LogP contribution in [-0.2, 0) is 13.0 Å². The van der Waals surface area contributed by atoms with Crippen LogP contribution in [0.15, 0.2) is 36.9 Å². The summed E-state index contributed by atoms with van der Waals surface area (Å²) >= 11 is 0. The number of hydrogen-bond donors (Lipinski definition) is 1. The van der Waals surface area contributed by atoms with Gasteiger partial charge in [0.05, 0.1) is 18.3 Å². The summed E-state index contributed by atoms with van der Waals surface area (Å²) < 4.78 is 1.74. The van der Waals surface area contributed by atoms with Crippen LogP contribution in [-0.4, -0.2) is 43.6 Å². The van der Waals surface area contributed by atoms with E-state index in [1.807, 2.05) is 18.5 Å². The topological polar surface area (TPSA) is 103 Å². The van der Waals surface area contributed by atoms with Crippen molar-refractivity contribution < 1.29 is 4.79 Å². The van der Waals surface area contributed by atoms with Crippen LogP contribution in [0.1, 0.15) is 59.8 Å². The van der Waals surface area contributed by atoms with Gasteiger partial charge in [-0.05, 0) is 55.6 Å². The number of nitrogen functional groups attached to an aromatic ring is 1. The van der Waals surface area contributed by atoms with Gasteiger partial charge in [-0.15, -0.1) is 0 Å². The average molecular weight is 432 g/mol. The first-order valence-corrected chi connectivity index (χ1v) is 11.3. The Morgan fingerprint density at radius 2 is 1.91 bits per heavy atom. The molecular formula is C24H29N7O. The van der Waals surface area contributed by atoms with Gasteiger partial charge in [-0.1, -0.05) is 13.0 Å². The minimum Gasteiger partial charge on any atom is -0.384 e. The standard InChI is InChI=1S/C15H17N5O.C9H12N2/c1-10(21)14-5-18-20(9-14)6-11-3-16-15(17-4-11)19-7-12-2-13(12)8-19;1-6-2-4-8-7(6)3-5-9(10)11-8/h3-5,9,12-13H,2,6-8H2,1H3;3,5-6H,2,4H2,1H3,(H2,10,11). The Morgan fingerprint density at radius 1 is 1.16 bits per heavy atom. The van der Waals surface area contributed by atoms with E-state index in [9.17, 15) is 4.79 Å². The second-order valence-electron chi connectivity index (χ2n) is 9.25. The summed E-state index contributed by atoms with van der Waals surface area (Å²) in [5.74, 6) is 3.94. The highest BCUT2D eigenvalue weighted by Gasteiger charge is 2.45. The Morgan fingerprint density at radius 3 is 2.59 bits per heavy atom. The normalized spacial score (nSPS) is 22.7. The van der Waals surface area contributed by atoms with Crippen LogP contribution in [0.5, 0.6) is 0 Å². The van der Waals surface area contributed by atoms with Crippen molar-refractivity contribution in [3.05, 3.63) is 59.3 Å².